The Kier molecular flexibility index (Phi) is 3.27. The van der Waals surface area contributed by atoms with Crippen molar-refractivity contribution in [2.75, 3.05) is 4.72 Å². The molecule has 2 rings (SSSR count). The van der Waals surface area contributed by atoms with Gasteiger partial charge in [-0.1, -0.05) is 11.6 Å². The zero-order valence-electron chi connectivity index (χ0n) is 9.73. The fraction of sp³-hybridized carbons (Fsp3) is 0.200. The van der Waals surface area contributed by atoms with Gasteiger partial charge in [0, 0.05) is 6.20 Å². The van der Waals surface area contributed by atoms with Crippen LogP contribution in [0, 0.1) is 13.8 Å². The van der Waals surface area contributed by atoms with Crippen molar-refractivity contribution < 1.29 is 8.42 Å². The van der Waals surface area contributed by atoms with Crippen molar-refractivity contribution in [2.24, 2.45) is 0 Å². The molecule has 0 aliphatic carbocycles. The maximum absolute atomic E-state index is 12.2. The van der Waals surface area contributed by atoms with Crippen LogP contribution in [0.2, 0.25) is 5.02 Å². The second-order valence-corrected chi connectivity index (χ2v) is 5.73. The molecule has 0 spiro atoms. The van der Waals surface area contributed by atoms with Crippen LogP contribution in [-0.4, -0.2) is 23.6 Å². The van der Waals surface area contributed by atoms with Gasteiger partial charge in [0.05, 0.1) is 16.4 Å². The maximum atomic E-state index is 12.2. The molecule has 0 saturated heterocycles. The molecule has 0 bridgehead atoms. The van der Waals surface area contributed by atoms with Gasteiger partial charge in [-0.3, -0.25) is 9.82 Å². The van der Waals surface area contributed by atoms with Gasteiger partial charge in [-0.25, -0.2) is 13.4 Å². The summed E-state index contributed by atoms with van der Waals surface area (Å²) in [5.74, 6) is 0.0965. The lowest BCUT2D eigenvalue weighted by Gasteiger charge is -2.08. The van der Waals surface area contributed by atoms with Crippen molar-refractivity contribution in [3.8, 4) is 0 Å². The van der Waals surface area contributed by atoms with Gasteiger partial charge in [0.2, 0.25) is 0 Å². The minimum atomic E-state index is -3.74. The molecule has 8 heteroatoms. The van der Waals surface area contributed by atoms with Gasteiger partial charge >= 0.3 is 0 Å². The molecule has 6 nitrogen and oxygen atoms in total. The zero-order chi connectivity index (χ0) is 13.3. The molecule has 0 unspecified atom stereocenters. The number of aromatic amines is 1. The smallest absolute Gasteiger partial charge is 0.266 e. The second-order valence-electron chi connectivity index (χ2n) is 3.70. The van der Waals surface area contributed by atoms with Crippen LogP contribution in [0.1, 0.15) is 11.4 Å². The monoisotopic (exact) mass is 286 g/mol. The van der Waals surface area contributed by atoms with Gasteiger partial charge in [-0.05, 0) is 26.0 Å². The Balaban J connectivity index is 2.43. The molecule has 2 heterocycles. The standard InChI is InChI=1S/C10H11ClN4O2S/c1-6-9(7(2)14-13-6)18(16,17)15-10-8(11)4-3-5-12-10/h3-5H,1-2H3,(H,12,15)(H,13,14). The first-order valence-corrected chi connectivity index (χ1v) is 6.93. The van der Waals surface area contributed by atoms with Gasteiger partial charge in [0.1, 0.15) is 4.90 Å². The Morgan fingerprint density at radius 2 is 2.11 bits per heavy atom. The van der Waals surface area contributed by atoms with Gasteiger partial charge in [-0.15, -0.1) is 0 Å². The first-order chi connectivity index (χ1) is 8.42. The Bertz CT molecular complexity index is 661. The van der Waals surface area contributed by atoms with Crippen LogP contribution in [0.5, 0.6) is 0 Å². The van der Waals surface area contributed by atoms with E-state index in [1.54, 1.807) is 26.0 Å². The van der Waals surface area contributed by atoms with Crippen LogP contribution in [0.25, 0.3) is 0 Å². The summed E-state index contributed by atoms with van der Waals surface area (Å²) in [5.41, 5.74) is 0.860. The molecule has 0 aliphatic heterocycles. The lowest BCUT2D eigenvalue weighted by molar-refractivity contribution is 0.600. The van der Waals surface area contributed by atoms with Crippen LogP contribution < -0.4 is 4.72 Å². The van der Waals surface area contributed by atoms with Gasteiger partial charge in [0.15, 0.2) is 5.82 Å². The highest BCUT2D eigenvalue weighted by Gasteiger charge is 2.23. The molecular weight excluding hydrogens is 276 g/mol. The third-order valence-corrected chi connectivity index (χ3v) is 4.22. The third-order valence-electron chi connectivity index (χ3n) is 2.32. The number of anilines is 1. The van der Waals surface area contributed by atoms with Gasteiger partial charge < -0.3 is 0 Å². The van der Waals surface area contributed by atoms with Crippen molar-refractivity contribution in [1.29, 1.82) is 0 Å². The number of aryl methyl sites for hydroxylation is 2. The second kappa shape index (κ2) is 4.58. The summed E-state index contributed by atoms with van der Waals surface area (Å²) in [5, 5.41) is 6.71. The van der Waals surface area contributed by atoms with Crippen LogP contribution in [-0.2, 0) is 10.0 Å². The van der Waals surface area contributed by atoms with Gasteiger partial charge in [-0.2, -0.15) is 5.10 Å². The minimum absolute atomic E-state index is 0.0965. The average molecular weight is 287 g/mol. The van der Waals surface area contributed by atoms with Crippen LogP contribution >= 0.6 is 11.6 Å². The summed E-state index contributed by atoms with van der Waals surface area (Å²) in [4.78, 5) is 3.99. The predicted molar refractivity (Wildman–Crippen MR) is 68.1 cm³/mol. The molecule has 0 fully saturated rings. The summed E-state index contributed by atoms with van der Waals surface area (Å²) < 4.78 is 26.7. The normalized spacial score (nSPS) is 11.5. The first kappa shape index (κ1) is 12.8. The highest BCUT2D eigenvalue weighted by Crippen LogP contribution is 2.23. The van der Waals surface area contributed by atoms with E-state index in [0.29, 0.717) is 11.4 Å². The van der Waals surface area contributed by atoms with Gasteiger partial charge in [0.25, 0.3) is 10.0 Å². The third kappa shape index (κ3) is 2.32. The van der Waals surface area contributed by atoms with E-state index in [1.165, 1.54) is 6.20 Å². The number of pyridine rings is 1. The fourth-order valence-corrected chi connectivity index (χ4v) is 3.20. The van der Waals surface area contributed by atoms with E-state index >= 15 is 0 Å². The van der Waals surface area contributed by atoms with E-state index in [4.69, 9.17) is 11.6 Å². The Labute approximate surface area is 109 Å². The molecule has 0 aliphatic rings. The number of nitrogens with one attached hydrogen (secondary N) is 2. The number of hydrogen-bond acceptors (Lipinski definition) is 4. The Hall–Kier alpha value is -1.60. The Morgan fingerprint density at radius 1 is 1.39 bits per heavy atom. The number of H-pyrrole nitrogens is 1. The number of hydrogen-bond donors (Lipinski definition) is 2. The summed E-state index contributed by atoms with van der Waals surface area (Å²) in [7, 11) is -3.74. The molecular formula is C10H11ClN4O2S. The number of sulfonamides is 1. The molecule has 0 aromatic carbocycles. The molecule has 2 aromatic heterocycles. The molecule has 0 atom stereocenters. The molecule has 18 heavy (non-hydrogen) atoms. The van der Waals surface area contributed by atoms with Crippen molar-refractivity contribution >= 4 is 27.4 Å². The molecule has 96 valence electrons. The van der Waals surface area contributed by atoms with E-state index in [2.05, 4.69) is 19.9 Å². The number of aromatic nitrogens is 3. The largest absolute Gasteiger partial charge is 0.281 e. The van der Waals surface area contributed by atoms with Crippen molar-refractivity contribution in [3.63, 3.8) is 0 Å². The number of nitrogens with zero attached hydrogens (tertiary/aromatic N) is 2. The Morgan fingerprint density at radius 3 is 2.67 bits per heavy atom. The number of rotatable bonds is 3. The number of halogens is 1. The van der Waals surface area contributed by atoms with Crippen LogP contribution in [0.4, 0.5) is 5.82 Å². The topological polar surface area (TPSA) is 87.7 Å². The summed E-state index contributed by atoms with van der Waals surface area (Å²) in [6, 6.07) is 3.18. The SMILES string of the molecule is Cc1n[nH]c(C)c1S(=O)(=O)Nc1ncccc1Cl. The molecule has 0 amide bonds. The van der Waals surface area contributed by atoms with Crippen molar-refractivity contribution in [2.45, 2.75) is 18.7 Å². The van der Waals surface area contributed by atoms with Crippen molar-refractivity contribution in [1.82, 2.24) is 15.2 Å². The van der Waals surface area contributed by atoms with Crippen LogP contribution in [0.3, 0.4) is 0 Å². The molecule has 2 N–H and O–H groups in total. The van der Waals surface area contributed by atoms with Crippen LogP contribution in [0.15, 0.2) is 23.2 Å². The highest BCUT2D eigenvalue weighted by molar-refractivity contribution is 7.92. The molecule has 2 aromatic rings. The lowest BCUT2D eigenvalue weighted by Crippen LogP contribution is -2.15. The summed E-state index contributed by atoms with van der Waals surface area (Å²) in [6.07, 6.45) is 1.46. The highest BCUT2D eigenvalue weighted by atomic mass is 35.5. The minimum Gasteiger partial charge on any atom is -0.281 e. The quantitative estimate of drug-likeness (QED) is 0.902. The van der Waals surface area contributed by atoms with E-state index in [9.17, 15) is 8.42 Å². The zero-order valence-corrected chi connectivity index (χ0v) is 11.3. The maximum Gasteiger partial charge on any atom is 0.266 e. The van der Waals surface area contributed by atoms with E-state index < -0.39 is 10.0 Å². The van der Waals surface area contributed by atoms with E-state index in [0.717, 1.165) is 0 Å². The van der Waals surface area contributed by atoms with E-state index in [-0.39, 0.29) is 15.7 Å². The average Bonchev–Trinajstić information content (AvgIpc) is 2.62. The molecule has 0 saturated carbocycles. The summed E-state index contributed by atoms with van der Waals surface area (Å²) >= 11 is 5.86. The predicted octanol–water partition coefficient (Wildman–Crippen LogP) is 1.88. The lowest BCUT2D eigenvalue weighted by atomic mass is 10.4. The fourth-order valence-electron chi connectivity index (χ4n) is 1.58. The van der Waals surface area contributed by atoms with Crippen molar-refractivity contribution in [3.05, 3.63) is 34.7 Å². The first-order valence-electron chi connectivity index (χ1n) is 5.06. The van der Waals surface area contributed by atoms with E-state index in [1.807, 2.05) is 0 Å². The molecule has 0 radical (unpaired) electrons. The summed E-state index contributed by atoms with van der Waals surface area (Å²) in [6.45, 7) is 3.24.